The van der Waals surface area contributed by atoms with Gasteiger partial charge >= 0.3 is 7.82 Å². The summed E-state index contributed by atoms with van der Waals surface area (Å²) in [5.41, 5.74) is 0. The molecule has 0 radical (unpaired) electrons. The van der Waals surface area contributed by atoms with Crippen LogP contribution in [-0.2, 0) is 46.6 Å². The lowest BCUT2D eigenvalue weighted by Gasteiger charge is -2.50. The molecule has 11 heteroatoms. The van der Waals surface area contributed by atoms with Crippen LogP contribution in [0.3, 0.4) is 0 Å². The van der Waals surface area contributed by atoms with Crippen molar-refractivity contribution >= 4 is 7.82 Å². The van der Waals surface area contributed by atoms with E-state index in [1.54, 1.807) is 0 Å². The third-order valence-electron chi connectivity index (χ3n) is 9.54. The summed E-state index contributed by atoms with van der Waals surface area (Å²) < 4.78 is 67.6. The van der Waals surface area contributed by atoms with E-state index in [4.69, 9.17) is 42.0 Å². The zero-order valence-corrected chi connectivity index (χ0v) is 34.5. The summed E-state index contributed by atoms with van der Waals surface area (Å²) in [5.74, 6) is -0.774. The lowest BCUT2D eigenvalue weighted by Crippen LogP contribution is -2.66. The van der Waals surface area contributed by atoms with Gasteiger partial charge in [0, 0.05) is 13.2 Å². The van der Waals surface area contributed by atoms with Gasteiger partial charge in [0.1, 0.15) is 24.4 Å². The minimum atomic E-state index is -3.82. The number of ether oxygens (including phenoxy) is 6. The highest BCUT2D eigenvalue weighted by molar-refractivity contribution is 7.48. The summed E-state index contributed by atoms with van der Waals surface area (Å²) in [6.45, 7) is 17.2. The second kappa shape index (κ2) is 29.6. The molecule has 2 aliphatic heterocycles. The number of phosphoric ester groups is 1. The molecule has 0 aliphatic carbocycles. The zero-order valence-electron chi connectivity index (χ0n) is 33.6. The van der Waals surface area contributed by atoms with Crippen molar-refractivity contribution in [2.45, 2.75) is 193 Å². The van der Waals surface area contributed by atoms with Gasteiger partial charge in [0.15, 0.2) is 12.1 Å². The minimum absolute atomic E-state index is 0.0212. The highest BCUT2D eigenvalue weighted by atomic mass is 31.2. The predicted molar refractivity (Wildman–Crippen MR) is 209 cm³/mol. The van der Waals surface area contributed by atoms with Gasteiger partial charge in [-0.3, -0.25) is 13.6 Å². The predicted octanol–water partition coefficient (Wildman–Crippen LogP) is 11.0. The van der Waals surface area contributed by atoms with Gasteiger partial charge in [-0.15, -0.1) is 13.2 Å². The number of phosphoric acid groups is 1. The summed E-state index contributed by atoms with van der Waals surface area (Å²) in [4.78, 5) is 0. The standard InChI is InChI=1S/C41H77O10P/c1-7-11-13-15-17-19-21-23-25-27-31-43-38-37-36(35-46-41(5,6)51-37)50-40(45-33-34-49-52(42,47-29-9-3)48-30-10-4)39(38)44-32-28-26-24-22-20-18-16-14-12-8-2/h9-10,36-40H,3-4,7-8,11-35H2,1-2,5-6H3/t36-,37-,38+,39-,40+/m1/s1. The normalized spacial score (nSPS) is 23.0. The first kappa shape index (κ1) is 47.5. The smallest absolute Gasteiger partial charge is 0.372 e. The van der Waals surface area contributed by atoms with Gasteiger partial charge in [-0.05, 0) is 26.7 Å². The van der Waals surface area contributed by atoms with Crippen LogP contribution in [0.1, 0.15) is 156 Å². The Bertz CT molecular complexity index is 917. The Kier molecular flexibility index (Phi) is 27.1. The van der Waals surface area contributed by atoms with Crippen molar-refractivity contribution in [2.75, 3.05) is 46.2 Å². The number of unbranched alkanes of at least 4 members (excludes halogenated alkanes) is 18. The molecule has 2 rings (SSSR count). The lowest BCUT2D eigenvalue weighted by atomic mass is 9.96. The highest BCUT2D eigenvalue weighted by Crippen LogP contribution is 2.49. The van der Waals surface area contributed by atoms with Crippen LogP contribution in [0.5, 0.6) is 0 Å². The fourth-order valence-electron chi connectivity index (χ4n) is 6.63. The van der Waals surface area contributed by atoms with Crippen molar-refractivity contribution in [1.29, 1.82) is 0 Å². The van der Waals surface area contributed by atoms with Gasteiger partial charge < -0.3 is 28.4 Å². The monoisotopic (exact) mass is 761 g/mol. The van der Waals surface area contributed by atoms with Crippen LogP contribution in [0.15, 0.2) is 25.3 Å². The van der Waals surface area contributed by atoms with E-state index in [9.17, 15) is 4.57 Å². The van der Waals surface area contributed by atoms with Gasteiger partial charge in [0.25, 0.3) is 0 Å². The molecule has 0 aromatic carbocycles. The van der Waals surface area contributed by atoms with Gasteiger partial charge in [0.2, 0.25) is 0 Å². The van der Waals surface area contributed by atoms with E-state index < -0.39 is 38.2 Å². The van der Waals surface area contributed by atoms with Crippen molar-refractivity contribution in [1.82, 2.24) is 0 Å². The molecule has 2 aliphatic rings. The van der Waals surface area contributed by atoms with Gasteiger partial charge in [-0.1, -0.05) is 142 Å². The van der Waals surface area contributed by atoms with Crippen molar-refractivity contribution in [2.24, 2.45) is 0 Å². The highest BCUT2D eigenvalue weighted by Gasteiger charge is 2.53. The molecule has 0 amide bonds. The Morgan fingerprint density at radius 1 is 0.615 bits per heavy atom. The van der Waals surface area contributed by atoms with Crippen LogP contribution in [0, 0.1) is 0 Å². The van der Waals surface area contributed by atoms with Crippen LogP contribution < -0.4 is 0 Å². The molecule has 0 N–H and O–H groups in total. The Morgan fingerprint density at radius 3 is 1.56 bits per heavy atom. The first-order chi connectivity index (χ1) is 25.3. The van der Waals surface area contributed by atoms with Crippen LogP contribution >= 0.6 is 7.82 Å². The molecule has 0 unspecified atom stereocenters. The number of hydrogen-bond acceptors (Lipinski definition) is 10. The molecular weight excluding hydrogens is 683 g/mol. The van der Waals surface area contributed by atoms with Crippen LogP contribution in [0.4, 0.5) is 0 Å². The molecule has 0 saturated carbocycles. The van der Waals surface area contributed by atoms with E-state index in [1.165, 1.54) is 115 Å². The molecule has 0 bridgehead atoms. The first-order valence-electron chi connectivity index (χ1n) is 20.9. The Morgan fingerprint density at radius 2 is 1.08 bits per heavy atom. The number of fused-ring (bicyclic) bond motifs is 1. The fraction of sp³-hybridized carbons (Fsp3) is 0.902. The summed E-state index contributed by atoms with van der Waals surface area (Å²) >= 11 is 0. The van der Waals surface area contributed by atoms with Gasteiger partial charge in [-0.25, -0.2) is 4.57 Å². The summed E-state index contributed by atoms with van der Waals surface area (Å²) in [6.07, 6.45) is 25.6. The summed E-state index contributed by atoms with van der Waals surface area (Å²) in [7, 11) is -3.82. The molecule has 52 heavy (non-hydrogen) atoms. The maximum absolute atomic E-state index is 13.0. The maximum Gasteiger partial charge on any atom is 0.475 e. The molecule has 2 heterocycles. The molecule has 306 valence electrons. The topological polar surface area (TPSA) is 100 Å². The van der Waals surface area contributed by atoms with Crippen LogP contribution in [0.25, 0.3) is 0 Å². The van der Waals surface area contributed by atoms with Crippen LogP contribution in [0.2, 0.25) is 0 Å². The van der Waals surface area contributed by atoms with Crippen LogP contribution in [-0.4, -0.2) is 82.7 Å². The van der Waals surface area contributed by atoms with E-state index in [0.29, 0.717) is 19.8 Å². The fourth-order valence-corrected chi connectivity index (χ4v) is 7.73. The largest absolute Gasteiger partial charge is 0.475 e. The summed E-state index contributed by atoms with van der Waals surface area (Å²) in [5, 5.41) is 0. The molecule has 0 aromatic heterocycles. The van der Waals surface area contributed by atoms with Crippen molar-refractivity contribution in [3.05, 3.63) is 25.3 Å². The number of rotatable bonds is 35. The lowest BCUT2D eigenvalue weighted by molar-refractivity contribution is -0.389. The first-order valence-corrected chi connectivity index (χ1v) is 22.3. The van der Waals surface area contributed by atoms with Crippen molar-refractivity contribution in [3.8, 4) is 0 Å². The Hall–Kier alpha value is -0.650. The molecule has 2 saturated heterocycles. The molecule has 2 fully saturated rings. The molecule has 5 atom stereocenters. The molecular formula is C41H77O10P. The van der Waals surface area contributed by atoms with Crippen molar-refractivity contribution in [3.63, 3.8) is 0 Å². The van der Waals surface area contributed by atoms with E-state index in [0.717, 1.165) is 25.7 Å². The molecule has 0 spiro atoms. The van der Waals surface area contributed by atoms with Gasteiger partial charge in [-0.2, -0.15) is 0 Å². The third kappa shape index (κ3) is 20.9. The maximum atomic E-state index is 13.0. The quantitative estimate of drug-likeness (QED) is 0.0352. The minimum Gasteiger partial charge on any atom is -0.372 e. The second-order valence-corrected chi connectivity index (χ2v) is 16.4. The SMILES string of the molecule is C=CCOP(=O)(OCC=C)OCCO[C@H]1O[C@@H]2COC(C)(C)O[C@H]2[C@H](OCCCCCCCCCCCC)[C@H]1OCCCCCCCCCCCC. The molecule has 10 nitrogen and oxygen atoms in total. The van der Waals surface area contributed by atoms with Gasteiger partial charge in [0.05, 0.1) is 33.0 Å². The number of hydrogen-bond donors (Lipinski definition) is 0. The molecule has 0 aromatic rings. The van der Waals surface area contributed by atoms with Crippen molar-refractivity contribution < 1.29 is 46.6 Å². The van der Waals surface area contributed by atoms with E-state index >= 15 is 0 Å². The third-order valence-corrected chi connectivity index (χ3v) is 11.0. The van der Waals surface area contributed by atoms with E-state index in [-0.39, 0.29) is 32.5 Å². The Balaban J connectivity index is 2.00. The summed E-state index contributed by atoms with van der Waals surface area (Å²) in [6, 6.07) is 0. The second-order valence-electron chi connectivity index (χ2n) is 14.7. The zero-order chi connectivity index (χ0) is 37.8. The average Bonchev–Trinajstić information content (AvgIpc) is 3.13. The average molecular weight is 761 g/mol. The van der Waals surface area contributed by atoms with E-state index in [2.05, 4.69) is 27.0 Å². The Labute approximate surface area is 318 Å². The van der Waals surface area contributed by atoms with E-state index in [1.807, 2.05) is 13.8 Å².